The van der Waals surface area contributed by atoms with Crippen LogP contribution < -0.4 is 11.1 Å². The number of carbonyl (C=O) groups excluding carboxylic acids is 1. The number of amides is 1. The molecule has 1 aliphatic heterocycles. The van der Waals surface area contributed by atoms with Crippen molar-refractivity contribution < 1.29 is 9.53 Å². The number of para-hydroxylation sites is 1. The summed E-state index contributed by atoms with van der Waals surface area (Å²) in [5.74, 6) is 0.588. The van der Waals surface area contributed by atoms with Crippen LogP contribution in [0.4, 0.5) is 5.69 Å². The molecule has 1 saturated heterocycles. The van der Waals surface area contributed by atoms with E-state index in [4.69, 9.17) is 10.5 Å². The van der Waals surface area contributed by atoms with Crippen molar-refractivity contribution in [1.82, 2.24) is 10.2 Å². The van der Waals surface area contributed by atoms with Crippen LogP contribution >= 0.6 is 24.8 Å². The number of rotatable bonds is 7. The Labute approximate surface area is 163 Å². The molecule has 2 rings (SSSR count). The number of aryl methyl sites for hydroxylation is 1. The standard InChI is InChI=1S/C18H29N3O2.2ClH/c1-14(2)17(21-9-11-23-12-10-21)13-20-18(22)8-7-15-5-3-4-6-16(15)19;;/h3-6,14,17H,7-13,19H2,1-2H3,(H,20,22);2*1H. The minimum Gasteiger partial charge on any atom is -0.399 e. The van der Waals surface area contributed by atoms with Gasteiger partial charge in [-0.1, -0.05) is 32.0 Å². The third-order valence-electron chi connectivity index (χ3n) is 4.47. The SMILES string of the molecule is CC(C)C(CNC(=O)CCc1ccccc1N)N1CCOCC1.Cl.Cl. The van der Waals surface area contributed by atoms with E-state index in [1.807, 2.05) is 24.3 Å². The Morgan fingerprint density at radius 3 is 2.48 bits per heavy atom. The highest BCUT2D eigenvalue weighted by atomic mass is 35.5. The van der Waals surface area contributed by atoms with Crippen molar-refractivity contribution in [2.75, 3.05) is 38.6 Å². The highest BCUT2D eigenvalue weighted by Gasteiger charge is 2.24. The summed E-state index contributed by atoms with van der Waals surface area (Å²) in [6, 6.07) is 8.09. The Hall–Kier alpha value is -1.01. The zero-order valence-electron chi connectivity index (χ0n) is 15.1. The van der Waals surface area contributed by atoms with Crippen LogP contribution in [0.15, 0.2) is 24.3 Å². The summed E-state index contributed by atoms with van der Waals surface area (Å²) < 4.78 is 5.41. The number of halogens is 2. The Bertz CT molecular complexity index is 509. The number of hydrogen-bond acceptors (Lipinski definition) is 4. The highest BCUT2D eigenvalue weighted by molar-refractivity contribution is 5.85. The fourth-order valence-electron chi connectivity index (χ4n) is 3.01. The molecule has 1 aromatic rings. The van der Waals surface area contributed by atoms with Crippen molar-refractivity contribution in [2.45, 2.75) is 32.7 Å². The maximum Gasteiger partial charge on any atom is 0.220 e. The van der Waals surface area contributed by atoms with Gasteiger partial charge in [0.1, 0.15) is 0 Å². The summed E-state index contributed by atoms with van der Waals surface area (Å²) in [7, 11) is 0. The van der Waals surface area contributed by atoms with Crippen LogP contribution in [0.3, 0.4) is 0 Å². The molecule has 1 unspecified atom stereocenters. The van der Waals surface area contributed by atoms with Gasteiger partial charge in [-0.3, -0.25) is 9.69 Å². The molecule has 25 heavy (non-hydrogen) atoms. The molecule has 1 amide bonds. The number of hydrogen-bond donors (Lipinski definition) is 2. The third-order valence-corrected chi connectivity index (χ3v) is 4.47. The van der Waals surface area contributed by atoms with Crippen molar-refractivity contribution in [1.29, 1.82) is 0 Å². The molecule has 144 valence electrons. The maximum absolute atomic E-state index is 12.1. The largest absolute Gasteiger partial charge is 0.399 e. The van der Waals surface area contributed by atoms with Crippen LogP contribution in [-0.2, 0) is 16.0 Å². The summed E-state index contributed by atoms with van der Waals surface area (Å²) in [5, 5.41) is 3.09. The number of carbonyl (C=O) groups is 1. The predicted octanol–water partition coefficient (Wildman–Crippen LogP) is 2.52. The lowest BCUT2D eigenvalue weighted by Crippen LogP contribution is -2.51. The van der Waals surface area contributed by atoms with E-state index in [1.165, 1.54) is 0 Å². The number of benzene rings is 1. The Morgan fingerprint density at radius 2 is 1.88 bits per heavy atom. The molecule has 1 fully saturated rings. The number of nitrogens with zero attached hydrogens (tertiary/aromatic N) is 1. The molecule has 1 atom stereocenters. The van der Waals surface area contributed by atoms with Gasteiger partial charge in [-0.15, -0.1) is 24.8 Å². The average molecular weight is 392 g/mol. The average Bonchev–Trinajstić information content (AvgIpc) is 2.55. The second-order valence-corrected chi connectivity index (χ2v) is 6.46. The zero-order chi connectivity index (χ0) is 16.7. The number of nitrogen functional groups attached to an aromatic ring is 1. The summed E-state index contributed by atoms with van der Waals surface area (Å²) in [6.45, 7) is 8.56. The van der Waals surface area contributed by atoms with E-state index in [0.29, 0.717) is 31.3 Å². The molecular formula is C18H31Cl2N3O2. The molecule has 1 aliphatic rings. The van der Waals surface area contributed by atoms with Gasteiger partial charge in [0, 0.05) is 37.8 Å². The summed E-state index contributed by atoms with van der Waals surface area (Å²) in [5.41, 5.74) is 7.71. The number of ether oxygens (including phenoxy) is 1. The molecule has 0 saturated carbocycles. The van der Waals surface area contributed by atoms with Crippen molar-refractivity contribution in [3.8, 4) is 0 Å². The van der Waals surface area contributed by atoms with E-state index >= 15 is 0 Å². The van der Waals surface area contributed by atoms with E-state index in [0.717, 1.165) is 37.6 Å². The molecule has 7 heteroatoms. The highest BCUT2D eigenvalue weighted by Crippen LogP contribution is 2.14. The fourth-order valence-corrected chi connectivity index (χ4v) is 3.01. The van der Waals surface area contributed by atoms with Gasteiger partial charge >= 0.3 is 0 Å². The van der Waals surface area contributed by atoms with E-state index in [1.54, 1.807) is 0 Å². The van der Waals surface area contributed by atoms with Gasteiger partial charge in [0.05, 0.1) is 13.2 Å². The monoisotopic (exact) mass is 391 g/mol. The van der Waals surface area contributed by atoms with Crippen molar-refractivity contribution in [3.63, 3.8) is 0 Å². The lowest BCUT2D eigenvalue weighted by Gasteiger charge is -2.36. The Morgan fingerprint density at radius 1 is 1.24 bits per heavy atom. The second kappa shape index (κ2) is 12.4. The van der Waals surface area contributed by atoms with Crippen LogP contribution in [0.2, 0.25) is 0 Å². The van der Waals surface area contributed by atoms with Gasteiger partial charge in [0.2, 0.25) is 5.91 Å². The first-order valence-corrected chi connectivity index (χ1v) is 8.50. The zero-order valence-corrected chi connectivity index (χ0v) is 16.7. The second-order valence-electron chi connectivity index (χ2n) is 6.46. The van der Waals surface area contributed by atoms with E-state index in [2.05, 4.69) is 24.1 Å². The van der Waals surface area contributed by atoms with E-state index < -0.39 is 0 Å². The van der Waals surface area contributed by atoms with Crippen molar-refractivity contribution >= 4 is 36.4 Å². The molecule has 1 aromatic carbocycles. The molecule has 0 aliphatic carbocycles. The summed E-state index contributed by atoms with van der Waals surface area (Å²) in [6.07, 6.45) is 1.16. The lowest BCUT2D eigenvalue weighted by molar-refractivity contribution is -0.121. The van der Waals surface area contributed by atoms with Gasteiger partial charge in [-0.05, 0) is 24.0 Å². The van der Waals surface area contributed by atoms with Gasteiger partial charge in [-0.2, -0.15) is 0 Å². The van der Waals surface area contributed by atoms with Gasteiger partial charge in [0.15, 0.2) is 0 Å². The molecule has 0 aromatic heterocycles. The Kier molecular flexibility index (Phi) is 11.9. The molecule has 5 nitrogen and oxygen atoms in total. The number of anilines is 1. The van der Waals surface area contributed by atoms with Gasteiger partial charge in [0.25, 0.3) is 0 Å². The normalized spacial score (nSPS) is 15.8. The van der Waals surface area contributed by atoms with Crippen molar-refractivity contribution in [2.24, 2.45) is 5.92 Å². The van der Waals surface area contributed by atoms with Crippen LogP contribution in [0.25, 0.3) is 0 Å². The number of nitrogens with two attached hydrogens (primary N) is 1. The lowest BCUT2D eigenvalue weighted by atomic mass is 10.0. The third kappa shape index (κ3) is 7.82. The predicted molar refractivity (Wildman–Crippen MR) is 108 cm³/mol. The molecule has 3 N–H and O–H groups in total. The Balaban J connectivity index is 0.00000288. The summed E-state index contributed by atoms with van der Waals surface area (Å²) >= 11 is 0. The van der Waals surface area contributed by atoms with Crippen LogP contribution in [0.5, 0.6) is 0 Å². The van der Waals surface area contributed by atoms with Gasteiger partial charge in [-0.25, -0.2) is 0 Å². The van der Waals surface area contributed by atoms with Crippen molar-refractivity contribution in [3.05, 3.63) is 29.8 Å². The molecule has 0 spiro atoms. The first-order valence-electron chi connectivity index (χ1n) is 8.50. The minimum absolute atomic E-state index is 0. The molecule has 0 bridgehead atoms. The fraction of sp³-hybridized carbons (Fsp3) is 0.611. The maximum atomic E-state index is 12.1. The number of morpholine rings is 1. The first-order chi connectivity index (χ1) is 11.1. The smallest absolute Gasteiger partial charge is 0.220 e. The molecular weight excluding hydrogens is 361 g/mol. The van der Waals surface area contributed by atoms with E-state index in [-0.39, 0.29) is 30.7 Å². The van der Waals surface area contributed by atoms with E-state index in [9.17, 15) is 4.79 Å². The molecule has 1 heterocycles. The first kappa shape index (κ1) is 24.0. The summed E-state index contributed by atoms with van der Waals surface area (Å²) in [4.78, 5) is 14.6. The number of nitrogens with one attached hydrogen (secondary N) is 1. The quantitative estimate of drug-likeness (QED) is 0.700. The van der Waals surface area contributed by atoms with Crippen LogP contribution in [0.1, 0.15) is 25.8 Å². The topological polar surface area (TPSA) is 67.6 Å². The minimum atomic E-state index is 0. The van der Waals surface area contributed by atoms with Crippen LogP contribution in [-0.4, -0.2) is 49.7 Å². The molecule has 0 radical (unpaired) electrons. The van der Waals surface area contributed by atoms with Gasteiger partial charge < -0.3 is 15.8 Å². The van der Waals surface area contributed by atoms with Crippen LogP contribution in [0, 0.1) is 5.92 Å².